The zero-order chi connectivity index (χ0) is 20.3. The van der Waals surface area contributed by atoms with Crippen molar-refractivity contribution in [1.29, 1.82) is 0 Å². The summed E-state index contributed by atoms with van der Waals surface area (Å²) >= 11 is 0. The van der Waals surface area contributed by atoms with Crippen LogP contribution in [0.25, 0.3) is 22.2 Å². The molecule has 5 rings (SSSR count). The molecule has 4 N–H and O–H groups in total. The minimum Gasteiger partial charge on any atom is -0.383 e. The zero-order valence-electron chi connectivity index (χ0n) is 16.9. The Hall–Kier alpha value is -3.38. The van der Waals surface area contributed by atoms with Crippen LogP contribution in [0.3, 0.4) is 0 Å². The van der Waals surface area contributed by atoms with Crippen LogP contribution in [0.5, 0.6) is 0 Å². The highest BCUT2D eigenvalue weighted by molar-refractivity contribution is 6.00. The van der Waals surface area contributed by atoms with E-state index in [9.17, 15) is 0 Å². The molecule has 30 heavy (non-hydrogen) atoms. The molecule has 1 aliphatic heterocycles. The largest absolute Gasteiger partial charge is 0.383 e. The van der Waals surface area contributed by atoms with Gasteiger partial charge in [-0.1, -0.05) is 42.5 Å². The first-order chi connectivity index (χ1) is 14.8. The molecule has 0 bridgehead atoms. The van der Waals surface area contributed by atoms with E-state index in [4.69, 9.17) is 10.8 Å². The molecular weight excluding hydrogens is 372 g/mol. The lowest BCUT2D eigenvalue weighted by molar-refractivity contribution is 0.352. The molecule has 1 fully saturated rings. The van der Waals surface area contributed by atoms with Crippen molar-refractivity contribution in [1.82, 2.24) is 20.1 Å². The summed E-state index contributed by atoms with van der Waals surface area (Å²) in [6.07, 6.45) is 3.92. The molecule has 0 spiro atoms. The van der Waals surface area contributed by atoms with Gasteiger partial charge >= 0.3 is 0 Å². The average molecular weight is 399 g/mol. The topological polar surface area (TPSA) is 80.8 Å². The number of anilines is 2. The van der Waals surface area contributed by atoms with Gasteiger partial charge in [0.1, 0.15) is 11.5 Å². The van der Waals surface area contributed by atoms with Gasteiger partial charge in [-0.05, 0) is 49.7 Å². The Labute approximate surface area is 176 Å². The number of hydrogen-bond donors (Lipinski definition) is 3. The van der Waals surface area contributed by atoms with Gasteiger partial charge in [0, 0.05) is 24.0 Å². The van der Waals surface area contributed by atoms with E-state index >= 15 is 0 Å². The van der Waals surface area contributed by atoms with Crippen LogP contribution in [-0.2, 0) is 6.54 Å². The lowest BCUT2D eigenvalue weighted by atomic mass is 10.1. The molecule has 1 saturated heterocycles. The van der Waals surface area contributed by atoms with Gasteiger partial charge < -0.3 is 16.4 Å². The summed E-state index contributed by atoms with van der Waals surface area (Å²) in [4.78, 5) is 4.33. The van der Waals surface area contributed by atoms with Crippen LogP contribution in [0, 0.1) is 0 Å². The first kappa shape index (κ1) is 18.6. The van der Waals surface area contributed by atoms with Crippen LogP contribution >= 0.6 is 0 Å². The molecule has 6 heteroatoms. The van der Waals surface area contributed by atoms with Crippen LogP contribution in [0.2, 0.25) is 0 Å². The van der Waals surface area contributed by atoms with E-state index in [0.29, 0.717) is 11.9 Å². The zero-order valence-corrected chi connectivity index (χ0v) is 16.9. The predicted octanol–water partition coefficient (Wildman–Crippen LogP) is 4.22. The second-order valence-corrected chi connectivity index (χ2v) is 7.78. The minimum atomic E-state index is 0.385. The Balaban J connectivity index is 1.45. The Morgan fingerprint density at radius 3 is 2.53 bits per heavy atom. The Kier molecular flexibility index (Phi) is 5.07. The highest BCUT2D eigenvalue weighted by Gasteiger charge is 2.22. The van der Waals surface area contributed by atoms with Crippen LogP contribution in [0.15, 0.2) is 66.9 Å². The molecule has 0 aliphatic carbocycles. The maximum absolute atomic E-state index is 6.29. The molecular formula is C24H26N6. The van der Waals surface area contributed by atoms with E-state index in [1.165, 1.54) is 5.56 Å². The lowest BCUT2D eigenvalue weighted by Gasteiger charge is -2.23. The van der Waals surface area contributed by atoms with Gasteiger partial charge in [-0.15, -0.1) is 0 Å². The molecule has 2 aromatic heterocycles. The maximum Gasteiger partial charge on any atom is 0.135 e. The second kappa shape index (κ2) is 8.16. The smallest absolute Gasteiger partial charge is 0.135 e. The quantitative estimate of drug-likeness (QED) is 0.469. The highest BCUT2D eigenvalue weighted by atomic mass is 15.3. The molecule has 0 atom stereocenters. The molecule has 0 amide bonds. The van der Waals surface area contributed by atoms with Crippen LogP contribution < -0.4 is 16.4 Å². The standard InChI is InChI=1S/C24H26N6/c25-24-22-21(12-15-27-24)30(20-10-13-26-14-11-20)29-23(22)18-6-8-19(9-7-18)28-16-17-4-2-1-3-5-17/h1-9,12,15,20,26,28H,10-11,13-14,16H2,(H2,25,27). The van der Waals surface area contributed by atoms with E-state index in [2.05, 4.69) is 68.8 Å². The first-order valence-corrected chi connectivity index (χ1v) is 10.5. The van der Waals surface area contributed by atoms with Crippen molar-refractivity contribution in [2.75, 3.05) is 24.1 Å². The van der Waals surface area contributed by atoms with Crippen molar-refractivity contribution < 1.29 is 0 Å². The molecule has 152 valence electrons. The Morgan fingerprint density at radius 1 is 1.00 bits per heavy atom. The van der Waals surface area contributed by atoms with Crippen molar-refractivity contribution in [3.63, 3.8) is 0 Å². The lowest BCUT2D eigenvalue weighted by Crippen LogP contribution is -2.29. The Bertz CT molecular complexity index is 1130. The van der Waals surface area contributed by atoms with Crippen molar-refractivity contribution >= 4 is 22.4 Å². The number of benzene rings is 2. The minimum absolute atomic E-state index is 0.385. The van der Waals surface area contributed by atoms with Gasteiger partial charge in [-0.2, -0.15) is 5.10 Å². The van der Waals surface area contributed by atoms with Crippen molar-refractivity contribution in [3.05, 3.63) is 72.4 Å². The van der Waals surface area contributed by atoms with E-state index in [1.807, 2.05) is 12.1 Å². The summed E-state index contributed by atoms with van der Waals surface area (Å²) in [6, 6.07) is 21.2. The monoisotopic (exact) mass is 398 g/mol. The van der Waals surface area contributed by atoms with E-state index in [-0.39, 0.29) is 0 Å². The third-order valence-electron chi connectivity index (χ3n) is 5.80. The van der Waals surface area contributed by atoms with Gasteiger partial charge in [0.25, 0.3) is 0 Å². The summed E-state index contributed by atoms with van der Waals surface area (Å²) in [5.74, 6) is 0.536. The number of nitrogens with one attached hydrogen (secondary N) is 2. The molecule has 1 aliphatic rings. The number of aromatic nitrogens is 3. The number of nitrogen functional groups attached to an aromatic ring is 1. The average Bonchev–Trinajstić information content (AvgIpc) is 3.20. The van der Waals surface area contributed by atoms with Crippen molar-refractivity contribution in [2.24, 2.45) is 0 Å². The van der Waals surface area contributed by atoms with Gasteiger partial charge in [0.15, 0.2) is 0 Å². The first-order valence-electron chi connectivity index (χ1n) is 10.5. The summed E-state index contributed by atoms with van der Waals surface area (Å²) < 4.78 is 2.16. The molecule has 0 radical (unpaired) electrons. The summed E-state index contributed by atoms with van der Waals surface area (Å²) in [6.45, 7) is 2.83. The summed E-state index contributed by atoms with van der Waals surface area (Å²) in [5.41, 5.74) is 11.7. The molecule has 2 aromatic carbocycles. The van der Waals surface area contributed by atoms with Gasteiger partial charge in [0.2, 0.25) is 0 Å². The fourth-order valence-corrected chi connectivity index (χ4v) is 4.19. The number of rotatable bonds is 5. The number of nitrogens with two attached hydrogens (primary N) is 1. The van der Waals surface area contributed by atoms with Gasteiger partial charge in [-0.25, -0.2) is 4.98 Å². The maximum atomic E-state index is 6.29. The number of pyridine rings is 1. The number of hydrogen-bond acceptors (Lipinski definition) is 5. The SMILES string of the molecule is Nc1nccc2c1c(-c1ccc(NCc3ccccc3)cc1)nn2C1CCNCC1. The van der Waals surface area contributed by atoms with Gasteiger partial charge in [-0.3, -0.25) is 4.68 Å². The fourth-order valence-electron chi connectivity index (χ4n) is 4.19. The summed E-state index contributed by atoms with van der Waals surface area (Å²) in [5, 5.41) is 12.9. The molecule has 0 saturated carbocycles. The van der Waals surface area contributed by atoms with E-state index in [0.717, 1.165) is 60.3 Å². The molecule has 3 heterocycles. The predicted molar refractivity (Wildman–Crippen MR) is 122 cm³/mol. The van der Waals surface area contributed by atoms with Crippen LogP contribution in [0.4, 0.5) is 11.5 Å². The molecule has 6 nitrogen and oxygen atoms in total. The van der Waals surface area contributed by atoms with Crippen LogP contribution in [0.1, 0.15) is 24.4 Å². The normalized spacial score (nSPS) is 14.8. The number of piperidine rings is 1. The van der Waals surface area contributed by atoms with E-state index in [1.54, 1.807) is 6.20 Å². The Morgan fingerprint density at radius 2 is 1.77 bits per heavy atom. The molecule has 0 unspecified atom stereocenters. The van der Waals surface area contributed by atoms with Gasteiger partial charge in [0.05, 0.1) is 16.9 Å². The van der Waals surface area contributed by atoms with E-state index < -0.39 is 0 Å². The van der Waals surface area contributed by atoms with Crippen LogP contribution in [-0.4, -0.2) is 27.9 Å². The summed E-state index contributed by atoms with van der Waals surface area (Å²) in [7, 11) is 0. The third kappa shape index (κ3) is 3.62. The van der Waals surface area contributed by atoms with Crippen molar-refractivity contribution in [2.45, 2.75) is 25.4 Å². The molecule has 4 aromatic rings. The number of nitrogens with zero attached hydrogens (tertiary/aromatic N) is 3. The number of fused-ring (bicyclic) bond motifs is 1. The third-order valence-corrected chi connectivity index (χ3v) is 5.80. The highest BCUT2D eigenvalue weighted by Crippen LogP contribution is 2.34. The van der Waals surface area contributed by atoms with Crippen molar-refractivity contribution in [3.8, 4) is 11.3 Å². The second-order valence-electron chi connectivity index (χ2n) is 7.78. The fraction of sp³-hybridized carbons (Fsp3) is 0.250.